The maximum atomic E-state index is 5.87. The molecule has 162 valence electrons. The monoisotopic (exact) mass is 400 g/mol. The molecule has 3 N–H and O–H groups in total. The van der Waals surface area contributed by atoms with Gasteiger partial charge in [0.2, 0.25) is 5.95 Å². The fourth-order valence-electron chi connectivity index (χ4n) is 5.67. The number of aromatic nitrogens is 2. The molecule has 3 fully saturated rings. The summed E-state index contributed by atoms with van der Waals surface area (Å²) in [6.45, 7) is 4.22. The van der Waals surface area contributed by atoms with Gasteiger partial charge < -0.3 is 16.0 Å². The summed E-state index contributed by atoms with van der Waals surface area (Å²) in [5, 5.41) is 3.73. The molecular weight excluding hydrogens is 360 g/mol. The van der Waals surface area contributed by atoms with Gasteiger partial charge in [-0.15, -0.1) is 0 Å². The lowest BCUT2D eigenvalue weighted by atomic mass is 9.92. The van der Waals surface area contributed by atoms with Crippen LogP contribution in [0.4, 0.5) is 11.8 Å². The normalized spacial score (nSPS) is 27.1. The second-order valence-corrected chi connectivity index (χ2v) is 9.21. The van der Waals surface area contributed by atoms with E-state index in [4.69, 9.17) is 10.7 Å². The Labute approximate surface area is 176 Å². The van der Waals surface area contributed by atoms with Crippen LogP contribution in [0.25, 0.3) is 0 Å². The Kier molecular flexibility index (Phi) is 7.61. The Balaban J connectivity index is 1.43. The van der Waals surface area contributed by atoms with E-state index in [1.54, 1.807) is 0 Å². The number of rotatable bonds is 7. The standard InChI is InChI=1S/C23H40N6/c24-14-8-11-21-20(13-18-29(21)19-9-4-3-5-10-19)26-23-25-15-12-22(27-23)28-16-6-1-2-7-17-28/h12,15,19-21H,1-11,13-14,16-18,24H2,(H,25,26,27)/t20-,21+/m0/s1. The van der Waals surface area contributed by atoms with Gasteiger partial charge in [0.05, 0.1) is 0 Å². The summed E-state index contributed by atoms with van der Waals surface area (Å²) in [5.74, 6) is 1.89. The van der Waals surface area contributed by atoms with Gasteiger partial charge >= 0.3 is 0 Å². The zero-order valence-corrected chi connectivity index (χ0v) is 18.1. The van der Waals surface area contributed by atoms with Crippen LogP contribution in [0.2, 0.25) is 0 Å². The van der Waals surface area contributed by atoms with E-state index in [0.29, 0.717) is 12.1 Å². The third-order valence-electron chi connectivity index (χ3n) is 7.22. The predicted molar refractivity (Wildman–Crippen MR) is 120 cm³/mol. The molecule has 6 nitrogen and oxygen atoms in total. The van der Waals surface area contributed by atoms with Crippen LogP contribution >= 0.6 is 0 Å². The number of anilines is 2. The maximum Gasteiger partial charge on any atom is 0.224 e. The maximum absolute atomic E-state index is 5.87. The van der Waals surface area contributed by atoms with Crippen molar-refractivity contribution in [3.63, 3.8) is 0 Å². The van der Waals surface area contributed by atoms with Crippen molar-refractivity contribution in [1.29, 1.82) is 0 Å². The molecule has 0 amide bonds. The van der Waals surface area contributed by atoms with Crippen LogP contribution in [-0.2, 0) is 0 Å². The van der Waals surface area contributed by atoms with E-state index in [1.807, 2.05) is 6.20 Å². The highest BCUT2D eigenvalue weighted by Crippen LogP contribution is 2.32. The van der Waals surface area contributed by atoms with E-state index in [0.717, 1.165) is 43.9 Å². The van der Waals surface area contributed by atoms with Crippen LogP contribution in [0.1, 0.15) is 77.0 Å². The lowest BCUT2D eigenvalue weighted by molar-refractivity contribution is 0.132. The van der Waals surface area contributed by atoms with Crippen molar-refractivity contribution in [2.45, 2.75) is 95.2 Å². The van der Waals surface area contributed by atoms with Gasteiger partial charge in [-0.25, -0.2) is 4.98 Å². The fourth-order valence-corrected chi connectivity index (χ4v) is 5.67. The van der Waals surface area contributed by atoms with Gasteiger partial charge in [-0.2, -0.15) is 4.98 Å². The summed E-state index contributed by atoms with van der Waals surface area (Å²) in [6, 6.07) is 3.84. The van der Waals surface area contributed by atoms with Gasteiger partial charge in [0.25, 0.3) is 0 Å². The molecule has 2 aliphatic heterocycles. The molecule has 29 heavy (non-hydrogen) atoms. The second kappa shape index (κ2) is 10.6. The van der Waals surface area contributed by atoms with Crippen LogP contribution in [0.5, 0.6) is 0 Å². The molecule has 2 saturated heterocycles. The SMILES string of the molecule is NCCC[C@@H]1[C@@H](Nc2nccc(N3CCCCCC3)n2)CCN1C1CCCCC1. The van der Waals surface area contributed by atoms with E-state index in [9.17, 15) is 0 Å². The van der Waals surface area contributed by atoms with E-state index in [-0.39, 0.29) is 0 Å². The van der Waals surface area contributed by atoms with E-state index >= 15 is 0 Å². The molecule has 0 unspecified atom stereocenters. The Hall–Kier alpha value is -1.40. The van der Waals surface area contributed by atoms with Gasteiger partial charge in [-0.05, 0) is 57.6 Å². The minimum absolute atomic E-state index is 0.433. The minimum atomic E-state index is 0.433. The highest BCUT2D eigenvalue weighted by atomic mass is 15.3. The van der Waals surface area contributed by atoms with E-state index < -0.39 is 0 Å². The van der Waals surface area contributed by atoms with Gasteiger partial charge in [0, 0.05) is 44.0 Å². The van der Waals surface area contributed by atoms with Gasteiger partial charge in [-0.1, -0.05) is 32.1 Å². The third-order valence-corrected chi connectivity index (χ3v) is 7.22. The molecule has 1 aromatic rings. The molecule has 2 atom stereocenters. The Bertz CT molecular complexity index is 609. The zero-order valence-electron chi connectivity index (χ0n) is 18.1. The quantitative estimate of drug-likeness (QED) is 0.726. The number of nitrogens with two attached hydrogens (primary N) is 1. The molecular formula is C23H40N6. The van der Waals surface area contributed by atoms with Crippen molar-refractivity contribution in [2.75, 3.05) is 36.4 Å². The molecule has 6 heteroatoms. The summed E-state index contributed by atoms with van der Waals surface area (Å²) in [7, 11) is 0. The first-order valence-electron chi connectivity index (χ1n) is 12.2. The van der Waals surface area contributed by atoms with Crippen molar-refractivity contribution >= 4 is 11.8 Å². The largest absolute Gasteiger partial charge is 0.356 e. The van der Waals surface area contributed by atoms with E-state index in [2.05, 4.69) is 26.2 Å². The molecule has 0 radical (unpaired) electrons. The second-order valence-electron chi connectivity index (χ2n) is 9.21. The highest BCUT2D eigenvalue weighted by Gasteiger charge is 2.38. The van der Waals surface area contributed by atoms with Crippen LogP contribution in [-0.4, -0.2) is 59.2 Å². The molecule has 1 aromatic heterocycles. The van der Waals surface area contributed by atoms with Gasteiger partial charge in [-0.3, -0.25) is 4.90 Å². The molecule has 3 heterocycles. The fraction of sp³-hybridized carbons (Fsp3) is 0.826. The average molecular weight is 401 g/mol. The van der Waals surface area contributed by atoms with Gasteiger partial charge in [0.1, 0.15) is 5.82 Å². The number of hydrogen-bond donors (Lipinski definition) is 2. The summed E-state index contributed by atoms with van der Waals surface area (Å²) >= 11 is 0. The molecule has 0 aromatic carbocycles. The predicted octanol–water partition coefficient (Wildman–Crippen LogP) is 3.78. The summed E-state index contributed by atoms with van der Waals surface area (Å²) < 4.78 is 0. The first kappa shape index (κ1) is 20.9. The molecule has 1 aliphatic carbocycles. The van der Waals surface area contributed by atoms with E-state index in [1.165, 1.54) is 77.2 Å². The Morgan fingerprint density at radius 2 is 1.72 bits per heavy atom. The molecule has 0 bridgehead atoms. The summed E-state index contributed by atoms with van der Waals surface area (Å²) in [6.07, 6.45) is 17.5. The van der Waals surface area contributed by atoms with Crippen LogP contribution in [0.3, 0.4) is 0 Å². The topological polar surface area (TPSA) is 70.3 Å². The van der Waals surface area contributed by atoms with Gasteiger partial charge in [0.15, 0.2) is 0 Å². The Morgan fingerprint density at radius 1 is 0.966 bits per heavy atom. The Morgan fingerprint density at radius 3 is 2.48 bits per heavy atom. The van der Waals surface area contributed by atoms with Crippen molar-refractivity contribution in [3.8, 4) is 0 Å². The number of nitrogens with one attached hydrogen (secondary N) is 1. The zero-order chi connectivity index (χ0) is 19.9. The summed E-state index contributed by atoms with van der Waals surface area (Å²) in [5.41, 5.74) is 5.87. The number of likely N-dealkylation sites (tertiary alicyclic amines) is 1. The van der Waals surface area contributed by atoms with Crippen molar-refractivity contribution < 1.29 is 0 Å². The van der Waals surface area contributed by atoms with Crippen molar-refractivity contribution in [3.05, 3.63) is 12.3 Å². The first-order valence-corrected chi connectivity index (χ1v) is 12.2. The van der Waals surface area contributed by atoms with Crippen LogP contribution in [0.15, 0.2) is 12.3 Å². The molecule has 1 saturated carbocycles. The lowest BCUT2D eigenvalue weighted by Gasteiger charge is -2.37. The van der Waals surface area contributed by atoms with Crippen LogP contribution in [0, 0.1) is 0 Å². The average Bonchev–Trinajstić information content (AvgIpc) is 2.97. The minimum Gasteiger partial charge on any atom is -0.356 e. The highest BCUT2D eigenvalue weighted by molar-refractivity contribution is 5.43. The summed E-state index contributed by atoms with van der Waals surface area (Å²) in [4.78, 5) is 14.7. The third kappa shape index (κ3) is 5.40. The molecule has 4 rings (SSSR count). The van der Waals surface area contributed by atoms with Crippen LogP contribution < -0.4 is 16.0 Å². The smallest absolute Gasteiger partial charge is 0.224 e. The number of nitrogens with zero attached hydrogens (tertiary/aromatic N) is 4. The first-order chi connectivity index (χ1) is 14.3. The number of hydrogen-bond acceptors (Lipinski definition) is 6. The molecule has 3 aliphatic rings. The molecule has 0 spiro atoms. The lowest BCUT2D eigenvalue weighted by Crippen LogP contribution is -2.45. The van der Waals surface area contributed by atoms with Crippen molar-refractivity contribution in [1.82, 2.24) is 14.9 Å². The van der Waals surface area contributed by atoms with Crippen molar-refractivity contribution in [2.24, 2.45) is 5.73 Å².